The molecule has 0 N–H and O–H groups in total. The number of anilines is 1. The lowest BCUT2D eigenvalue weighted by Gasteiger charge is -2.33. The third kappa shape index (κ3) is 3.01. The summed E-state index contributed by atoms with van der Waals surface area (Å²) in [4.78, 5) is 6.87. The summed E-state index contributed by atoms with van der Waals surface area (Å²) >= 11 is 0. The molecule has 0 radical (unpaired) electrons. The Morgan fingerprint density at radius 2 is 2.10 bits per heavy atom. The third-order valence-electron chi connectivity index (χ3n) is 6.05. The lowest BCUT2D eigenvalue weighted by atomic mass is 9.96. The molecule has 2 fully saturated rings. The number of nitrogens with zero attached hydrogens (tertiary/aromatic N) is 4. The topological polar surface area (TPSA) is 65.0 Å². The molecule has 4 heterocycles. The Balaban J connectivity index is 1.40. The van der Waals surface area contributed by atoms with Gasteiger partial charge < -0.3 is 18.8 Å². The summed E-state index contributed by atoms with van der Waals surface area (Å²) < 4.78 is 19.7. The molecular weight excluding hydrogens is 380 g/mol. The van der Waals surface area contributed by atoms with Crippen LogP contribution < -0.4 is 9.64 Å². The zero-order valence-electron chi connectivity index (χ0n) is 17.0. The molecule has 3 aromatic heterocycles. The van der Waals surface area contributed by atoms with E-state index in [4.69, 9.17) is 13.9 Å². The monoisotopic (exact) mass is 404 g/mol. The molecular formula is C23H24N4O3. The number of rotatable bonds is 4. The van der Waals surface area contributed by atoms with Crippen LogP contribution >= 0.6 is 0 Å². The van der Waals surface area contributed by atoms with Gasteiger partial charge in [-0.3, -0.25) is 0 Å². The summed E-state index contributed by atoms with van der Waals surface area (Å²) in [6, 6.07) is 12.1. The van der Waals surface area contributed by atoms with E-state index in [1.54, 1.807) is 0 Å². The van der Waals surface area contributed by atoms with Gasteiger partial charge in [0.25, 0.3) is 0 Å². The van der Waals surface area contributed by atoms with E-state index < -0.39 is 0 Å². The predicted molar refractivity (Wildman–Crippen MR) is 114 cm³/mol. The average Bonchev–Trinajstić information content (AvgIpc) is 3.34. The van der Waals surface area contributed by atoms with Crippen LogP contribution in [0.15, 0.2) is 47.0 Å². The van der Waals surface area contributed by atoms with Crippen molar-refractivity contribution in [3.8, 4) is 17.3 Å². The van der Waals surface area contributed by atoms with Gasteiger partial charge in [0.05, 0.1) is 18.9 Å². The molecule has 6 rings (SSSR count). The van der Waals surface area contributed by atoms with Gasteiger partial charge in [0.1, 0.15) is 17.4 Å². The number of imidazole rings is 1. The summed E-state index contributed by atoms with van der Waals surface area (Å²) in [7, 11) is 0. The van der Waals surface area contributed by atoms with E-state index >= 15 is 0 Å². The van der Waals surface area contributed by atoms with E-state index in [2.05, 4.69) is 34.0 Å². The molecule has 0 bridgehead atoms. The molecule has 1 unspecified atom stereocenters. The van der Waals surface area contributed by atoms with Gasteiger partial charge >= 0.3 is 0 Å². The molecule has 0 amide bonds. The van der Waals surface area contributed by atoms with Crippen LogP contribution in [0.5, 0.6) is 5.88 Å². The van der Waals surface area contributed by atoms with E-state index in [9.17, 15) is 0 Å². The normalized spacial score (nSPS) is 20.0. The zero-order valence-corrected chi connectivity index (χ0v) is 17.0. The second-order valence-electron chi connectivity index (χ2n) is 8.18. The van der Waals surface area contributed by atoms with Crippen molar-refractivity contribution in [1.29, 1.82) is 0 Å². The van der Waals surface area contributed by atoms with Gasteiger partial charge in [0.15, 0.2) is 11.4 Å². The number of hydrogen-bond acceptors (Lipinski definition) is 6. The van der Waals surface area contributed by atoms with Crippen molar-refractivity contribution in [3.05, 3.63) is 42.6 Å². The largest absolute Gasteiger partial charge is 0.473 e. The maximum absolute atomic E-state index is 6.23. The highest BCUT2D eigenvalue weighted by atomic mass is 16.5. The van der Waals surface area contributed by atoms with E-state index in [0.29, 0.717) is 5.88 Å². The van der Waals surface area contributed by atoms with Crippen molar-refractivity contribution in [2.24, 2.45) is 0 Å². The van der Waals surface area contributed by atoms with Crippen molar-refractivity contribution < 1.29 is 13.9 Å². The minimum Gasteiger partial charge on any atom is -0.473 e. The second kappa shape index (κ2) is 7.02. The summed E-state index contributed by atoms with van der Waals surface area (Å²) in [5.41, 5.74) is 3.63. The lowest BCUT2D eigenvalue weighted by molar-refractivity contribution is 0.0533. The molecule has 2 aliphatic rings. The van der Waals surface area contributed by atoms with E-state index in [0.717, 1.165) is 60.6 Å². The molecule has 7 nitrogen and oxygen atoms in total. The highest BCUT2D eigenvalue weighted by Crippen LogP contribution is 2.35. The van der Waals surface area contributed by atoms with Crippen LogP contribution in [-0.4, -0.2) is 46.5 Å². The molecule has 1 saturated carbocycles. The Bertz CT molecular complexity index is 1210. The number of furan rings is 1. The van der Waals surface area contributed by atoms with Gasteiger partial charge in [-0.2, -0.15) is 0 Å². The van der Waals surface area contributed by atoms with Crippen LogP contribution in [0.3, 0.4) is 0 Å². The number of morpholine rings is 1. The SMILES string of the molecule is CC1CN(c2cccc3oc(-c4cnc5ccc(OC6CCC6)nn45)cc23)CCO1. The minimum absolute atomic E-state index is 0.220. The first-order valence-electron chi connectivity index (χ1n) is 10.7. The standard InChI is InChI=1S/C23H24N4O3/c1-15-14-26(10-11-28-15)18-6-3-7-20-17(18)12-21(30-20)19-13-24-22-8-9-23(25-27(19)22)29-16-4-2-5-16/h3,6-9,12-13,15-16H,2,4-5,10-11,14H2,1H3. The Kier molecular flexibility index (Phi) is 4.16. The highest BCUT2D eigenvalue weighted by molar-refractivity contribution is 5.94. The molecule has 1 aliphatic carbocycles. The third-order valence-corrected chi connectivity index (χ3v) is 6.05. The number of ether oxygens (including phenoxy) is 2. The number of fused-ring (bicyclic) bond motifs is 2. The molecule has 4 aromatic rings. The van der Waals surface area contributed by atoms with Gasteiger partial charge in [0.2, 0.25) is 5.88 Å². The molecule has 1 aliphatic heterocycles. The Hall–Kier alpha value is -3.06. The zero-order chi connectivity index (χ0) is 20.1. The highest BCUT2D eigenvalue weighted by Gasteiger charge is 2.22. The molecule has 1 atom stereocenters. The number of benzene rings is 1. The molecule has 30 heavy (non-hydrogen) atoms. The minimum atomic E-state index is 0.220. The van der Waals surface area contributed by atoms with Crippen molar-refractivity contribution in [2.75, 3.05) is 24.6 Å². The van der Waals surface area contributed by atoms with Gasteiger partial charge in [-0.25, -0.2) is 9.50 Å². The molecule has 154 valence electrons. The fourth-order valence-electron chi connectivity index (χ4n) is 4.23. The van der Waals surface area contributed by atoms with E-state index in [1.807, 2.05) is 35.0 Å². The molecule has 7 heteroatoms. The first-order chi connectivity index (χ1) is 14.7. The number of aromatic nitrogens is 3. The van der Waals surface area contributed by atoms with Crippen LogP contribution in [0.2, 0.25) is 0 Å². The Labute approximate surface area is 174 Å². The predicted octanol–water partition coefficient (Wildman–Crippen LogP) is 4.30. The first kappa shape index (κ1) is 17.8. The quantitative estimate of drug-likeness (QED) is 0.505. The molecule has 0 spiro atoms. The van der Waals surface area contributed by atoms with Crippen LogP contribution in [0.1, 0.15) is 26.2 Å². The van der Waals surface area contributed by atoms with E-state index in [-0.39, 0.29) is 12.2 Å². The van der Waals surface area contributed by atoms with Crippen molar-refractivity contribution in [1.82, 2.24) is 14.6 Å². The summed E-state index contributed by atoms with van der Waals surface area (Å²) in [6.07, 6.45) is 5.74. The van der Waals surface area contributed by atoms with Crippen molar-refractivity contribution in [3.63, 3.8) is 0 Å². The number of hydrogen-bond donors (Lipinski definition) is 0. The van der Waals surface area contributed by atoms with Gasteiger partial charge in [-0.15, -0.1) is 5.10 Å². The average molecular weight is 404 g/mol. The van der Waals surface area contributed by atoms with Gasteiger partial charge in [-0.1, -0.05) is 6.07 Å². The fourth-order valence-corrected chi connectivity index (χ4v) is 4.23. The Morgan fingerprint density at radius 3 is 2.93 bits per heavy atom. The summed E-state index contributed by atoms with van der Waals surface area (Å²) in [5.74, 6) is 1.38. The summed E-state index contributed by atoms with van der Waals surface area (Å²) in [5, 5.41) is 5.77. The van der Waals surface area contributed by atoms with Crippen LogP contribution in [-0.2, 0) is 4.74 Å². The van der Waals surface area contributed by atoms with Crippen molar-refractivity contribution in [2.45, 2.75) is 38.4 Å². The smallest absolute Gasteiger partial charge is 0.232 e. The summed E-state index contributed by atoms with van der Waals surface area (Å²) in [6.45, 7) is 4.60. The van der Waals surface area contributed by atoms with Crippen molar-refractivity contribution >= 4 is 22.3 Å². The first-order valence-corrected chi connectivity index (χ1v) is 10.7. The van der Waals surface area contributed by atoms with Crippen LogP contribution in [0.4, 0.5) is 5.69 Å². The van der Waals surface area contributed by atoms with Crippen LogP contribution in [0, 0.1) is 0 Å². The Morgan fingerprint density at radius 1 is 1.17 bits per heavy atom. The second-order valence-corrected chi connectivity index (χ2v) is 8.18. The molecule has 1 saturated heterocycles. The van der Waals surface area contributed by atoms with E-state index in [1.165, 1.54) is 12.1 Å². The lowest BCUT2D eigenvalue weighted by Crippen LogP contribution is -2.41. The maximum Gasteiger partial charge on any atom is 0.232 e. The molecule has 1 aromatic carbocycles. The fraction of sp³-hybridized carbons (Fsp3) is 0.391. The van der Waals surface area contributed by atoms with Crippen LogP contribution in [0.25, 0.3) is 28.1 Å². The van der Waals surface area contributed by atoms with Gasteiger partial charge in [-0.05, 0) is 50.5 Å². The van der Waals surface area contributed by atoms with Gasteiger partial charge in [0, 0.05) is 30.2 Å². The maximum atomic E-state index is 6.23.